The Labute approximate surface area is 141 Å². The standard InChI is InChI=1S/C23H28/c1-17(15-18-9-7-6-8-10-18)19-11-12-20-21(16-19)23(4,5)14-13-22(20,2)3/h6-12,15-16H,13-14H2,1-5H3. The fraction of sp³-hybridized carbons (Fsp3) is 0.391. The number of hydrogen-bond acceptors (Lipinski definition) is 0. The van der Waals surface area contributed by atoms with E-state index in [1.54, 1.807) is 0 Å². The van der Waals surface area contributed by atoms with Gasteiger partial charge in [-0.15, -0.1) is 0 Å². The average Bonchev–Trinajstić information content (AvgIpc) is 2.52. The molecule has 0 saturated carbocycles. The monoisotopic (exact) mass is 304 g/mol. The summed E-state index contributed by atoms with van der Waals surface area (Å²) >= 11 is 0. The normalized spacial score (nSPS) is 19.3. The van der Waals surface area contributed by atoms with Crippen molar-refractivity contribution in [2.45, 2.75) is 58.3 Å². The molecule has 0 unspecified atom stereocenters. The van der Waals surface area contributed by atoms with Gasteiger partial charge in [0, 0.05) is 0 Å². The Kier molecular flexibility index (Phi) is 3.96. The van der Waals surface area contributed by atoms with E-state index >= 15 is 0 Å². The van der Waals surface area contributed by atoms with Crippen molar-refractivity contribution >= 4 is 11.6 Å². The Morgan fingerprint density at radius 2 is 1.43 bits per heavy atom. The summed E-state index contributed by atoms with van der Waals surface area (Å²) in [6.45, 7) is 11.8. The molecule has 0 fully saturated rings. The average molecular weight is 304 g/mol. The van der Waals surface area contributed by atoms with Gasteiger partial charge < -0.3 is 0 Å². The van der Waals surface area contributed by atoms with E-state index < -0.39 is 0 Å². The fourth-order valence-electron chi connectivity index (χ4n) is 3.72. The van der Waals surface area contributed by atoms with Crippen molar-refractivity contribution < 1.29 is 0 Å². The zero-order chi connectivity index (χ0) is 16.7. The minimum atomic E-state index is 0.272. The van der Waals surface area contributed by atoms with E-state index in [1.165, 1.54) is 40.7 Å². The molecule has 0 radical (unpaired) electrons. The lowest BCUT2D eigenvalue weighted by Crippen LogP contribution is -2.33. The summed E-state index contributed by atoms with van der Waals surface area (Å²) in [4.78, 5) is 0. The van der Waals surface area contributed by atoms with Gasteiger partial charge in [-0.25, -0.2) is 0 Å². The first-order chi connectivity index (χ1) is 10.8. The quantitative estimate of drug-likeness (QED) is 0.548. The molecule has 2 aromatic rings. The fourth-order valence-corrected chi connectivity index (χ4v) is 3.72. The van der Waals surface area contributed by atoms with Gasteiger partial charge >= 0.3 is 0 Å². The molecule has 0 heteroatoms. The number of fused-ring (bicyclic) bond motifs is 1. The van der Waals surface area contributed by atoms with Gasteiger partial charge in [0.2, 0.25) is 0 Å². The second kappa shape index (κ2) is 5.67. The van der Waals surface area contributed by atoms with Crippen molar-refractivity contribution in [2.75, 3.05) is 0 Å². The van der Waals surface area contributed by atoms with Crippen LogP contribution in [0.15, 0.2) is 48.5 Å². The number of benzene rings is 2. The molecule has 0 spiro atoms. The zero-order valence-corrected chi connectivity index (χ0v) is 15.1. The van der Waals surface area contributed by atoms with Crippen LogP contribution in [0.25, 0.3) is 11.6 Å². The molecule has 0 amide bonds. The minimum Gasteiger partial charge on any atom is -0.0622 e. The van der Waals surface area contributed by atoms with Crippen molar-refractivity contribution in [1.29, 1.82) is 0 Å². The third kappa shape index (κ3) is 3.13. The Morgan fingerprint density at radius 1 is 0.826 bits per heavy atom. The molecule has 0 atom stereocenters. The van der Waals surface area contributed by atoms with Crippen LogP contribution in [0.4, 0.5) is 0 Å². The first-order valence-electron chi connectivity index (χ1n) is 8.68. The van der Waals surface area contributed by atoms with E-state index in [4.69, 9.17) is 0 Å². The minimum absolute atomic E-state index is 0.272. The van der Waals surface area contributed by atoms with Crippen LogP contribution in [0.2, 0.25) is 0 Å². The van der Waals surface area contributed by atoms with Crippen LogP contribution in [0.3, 0.4) is 0 Å². The molecule has 0 bridgehead atoms. The van der Waals surface area contributed by atoms with Crippen molar-refractivity contribution in [3.8, 4) is 0 Å². The Balaban J connectivity index is 2.05. The highest BCUT2D eigenvalue weighted by Gasteiger charge is 2.36. The molecule has 3 rings (SSSR count). The van der Waals surface area contributed by atoms with E-state index in [1.807, 2.05) is 0 Å². The summed E-state index contributed by atoms with van der Waals surface area (Å²) in [6, 6.07) is 17.7. The molecule has 2 aromatic carbocycles. The van der Waals surface area contributed by atoms with Gasteiger partial charge in [0.15, 0.2) is 0 Å². The maximum atomic E-state index is 2.44. The molecule has 0 saturated heterocycles. The highest BCUT2D eigenvalue weighted by Crippen LogP contribution is 2.46. The van der Waals surface area contributed by atoms with Gasteiger partial charge in [-0.05, 0) is 58.4 Å². The maximum Gasteiger partial charge on any atom is -0.0100 e. The molecule has 1 aliphatic carbocycles. The van der Waals surface area contributed by atoms with E-state index in [-0.39, 0.29) is 5.41 Å². The van der Waals surface area contributed by atoms with Gasteiger partial charge in [-0.2, -0.15) is 0 Å². The van der Waals surface area contributed by atoms with Crippen molar-refractivity contribution in [3.05, 3.63) is 70.8 Å². The molecule has 0 aliphatic heterocycles. The van der Waals surface area contributed by atoms with Gasteiger partial charge in [0.25, 0.3) is 0 Å². The van der Waals surface area contributed by atoms with Crippen LogP contribution in [0.1, 0.15) is 69.7 Å². The number of rotatable bonds is 2. The second-order valence-electron chi connectivity index (χ2n) is 8.27. The summed E-state index contributed by atoms with van der Waals surface area (Å²) in [5, 5.41) is 0. The van der Waals surface area contributed by atoms with E-state index in [9.17, 15) is 0 Å². The topological polar surface area (TPSA) is 0 Å². The summed E-state index contributed by atoms with van der Waals surface area (Å²) < 4.78 is 0. The van der Waals surface area contributed by atoms with E-state index in [2.05, 4.69) is 89.2 Å². The van der Waals surface area contributed by atoms with Crippen molar-refractivity contribution in [1.82, 2.24) is 0 Å². The van der Waals surface area contributed by atoms with Crippen LogP contribution >= 0.6 is 0 Å². The second-order valence-corrected chi connectivity index (χ2v) is 8.27. The van der Waals surface area contributed by atoms with Crippen LogP contribution in [-0.4, -0.2) is 0 Å². The largest absolute Gasteiger partial charge is 0.0622 e. The molecule has 120 valence electrons. The van der Waals surface area contributed by atoms with Gasteiger partial charge in [0.1, 0.15) is 0 Å². The Hall–Kier alpha value is -1.82. The Bertz CT molecular complexity index is 730. The van der Waals surface area contributed by atoms with Crippen LogP contribution < -0.4 is 0 Å². The van der Waals surface area contributed by atoms with Crippen molar-refractivity contribution in [3.63, 3.8) is 0 Å². The highest BCUT2D eigenvalue weighted by molar-refractivity contribution is 5.80. The molecule has 0 aromatic heterocycles. The first-order valence-corrected chi connectivity index (χ1v) is 8.68. The molecule has 0 nitrogen and oxygen atoms in total. The van der Waals surface area contributed by atoms with E-state index in [0.29, 0.717) is 5.41 Å². The molecule has 0 heterocycles. The first kappa shape index (κ1) is 16.1. The van der Waals surface area contributed by atoms with Gasteiger partial charge in [-0.3, -0.25) is 0 Å². The SMILES string of the molecule is CC(=Cc1ccccc1)c1ccc2c(c1)C(C)(C)CCC2(C)C. The lowest BCUT2D eigenvalue weighted by atomic mass is 9.63. The lowest BCUT2D eigenvalue weighted by Gasteiger charge is -2.42. The maximum absolute atomic E-state index is 2.44. The van der Waals surface area contributed by atoms with Crippen LogP contribution in [0.5, 0.6) is 0 Å². The number of hydrogen-bond donors (Lipinski definition) is 0. The summed E-state index contributed by atoms with van der Waals surface area (Å²) in [6.07, 6.45) is 4.81. The summed E-state index contributed by atoms with van der Waals surface area (Å²) in [7, 11) is 0. The van der Waals surface area contributed by atoms with E-state index in [0.717, 1.165) is 0 Å². The molecule has 23 heavy (non-hydrogen) atoms. The summed E-state index contributed by atoms with van der Waals surface area (Å²) in [5.74, 6) is 0. The molecule has 1 aliphatic rings. The molecule has 0 N–H and O–H groups in total. The van der Waals surface area contributed by atoms with Gasteiger partial charge in [-0.1, -0.05) is 82.3 Å². The smallest absolute Gasteiger partial charge is 0.0100 e. The predicted molar refractivity (Wildman–Crippen MR) is 102 cm³/mol. The summed E-state index contributed by atoms with van der Waals surface area (Å²) in [5.41, 5.74) is 7.57. The third-order valence-corrected chi connectivity index (χ3v) is 5.49. The van der Waals surface area contributed by atoms with Gasteiger partial charge in [0.05, 0.1) is 0 Å². The zero-order valence-electron chi connectivity index (χ0n) is 15.1. The lowest BCUT2D eigenvalue weighted by molar-refractivity contribution is 0.332. The molecular weight excluding hydrogens is 276 g/mol. The predicted octanol–water partition coefficient (Wildman–Crippen LogP) is 6.60. The highest BCUT2D eigenvalue weighted by atomic mass is 14.4. The van der Waals surface area contributed by atoms with Crippen LogP contribution in [-0.2, 0) is 10.8 Å². The molecular formula is C23H28. The number of allylic oxidation sites excluding steroid dienone is 1. The Morgan fingerprint density at radius 3 is 2.09 bits per heavy atom. The van der Waals surface area contributed by atoms with Crippen molar-refractivity contribution in [2.24, 2.45) is 0 Å². The van der Waals surface area contributed by atoms with Crippen LogP contribution in [0, 0.1) is 0 Å². The third-order valence-electron chi connectivity index (χ3n) is 5.49.